The van der Waals surface area contributed by atoms with Gasteiger partial charge in [-0.25, -0.2) is 4.98 Å². The summed E-state index contributed by atoms with van der Waals surface area (Å²) in [7, 11) is 1.68. The highest BCUT2D eigenvalue weighted by Crippen LogP contribution is 2.33. The van der Waals surface area contributed by atoms with E-state index in [9.17, 15) is 10.1 Å². The molecule has 34 heavy (non-hydrogen) atoms. The topological polar surface area (TPSA) is 71.2 Å². The second kappa shape index (κ2) is 9.42. The number of aromatic nitrogens is 2. The molecule has 0 amide bonds. The quantitative estimate of drug-likeness (QED) is 0.410. The lowest BCUT2D eigenvalue weighted by Crippen LogP contribution is -2.45. The number of aryl methyl sites for hydroxylation is 1. The van der Waals surface area contributed by atoms with E-state index in [0.29, 0.717) is 34.4 Å². The van der Waals surface area contributed by atoms with E-state index in [0.717, 1.165) is 18.6 Å². The van der Waals surface area contributed by atoms with Crippen LogP contribution in [0.15, 0.2) is 45.8 Å². The van der Waals surface area contributed by atoms with Crippen molar-refractivity contribution >= 4 is 32.7 Å². The molecule has 0 spiro atoms. The number of hydrogen-bond acceptors (Lipinski definition) is 5. The fraction of sp³-hybridized carbons (Fsp3) is 0.444. The number of benzene rings is 1. The van der Waals surface area contributed by atoms with E-state index in [1.165, 1.54) is 10.1 Å². The Morgan fingerprint density at radius 3 is 2.56 bits per heavy atom. The van der Waals surface area contributed by atoms with Crippen molar-refractivity contribution in [3.63, 3.8) is 0 Å². The zero-order valence-electron chi connectivity index (χ0n) is 20.4. The maximum Gasteiger partial charge on any atom is 0.270 e. The molecule has 1 fully saturated rings. The molecule has 6 nitrogen and oxygen atoms in total. The van der Waals surface area contributed by atoms with Crippen LogP contribution in [0.25, 0.3) is 11.0 Å². The second-order valence-corrected chi connectivity index (χ2v) is 10.6. The van der Waals surface area contributed by atoms with E-state index in [4.69, 9.17) is 4.74 Å². The molecule has 1 aliphatic rings. The standard InChI is InChI=1S/C27H31BrN4O2/c1-6-27(3,4)18-7-9-19(10-8-18)34-22-13-14-32(16-17(22)2)25-20(15-29)26(33)31(5)21-11-12-23(28)30-24(21)25/h7-12,17,22H,6,13-14,16H2,1-5H3. The highest BCUT2D eigenvalue weighted by atomic mass is 79.9. The van der Waals surface area contributed by atoms with Gasteiger partial charge < -0.3 is 14.2 Å². The fourth-order valence-corrected chi connectivity index (χ4v) is 4.95. The maximum atomic E-state index is 12.9. The predicted molar refractivity (Wildman–Crippen MR) is 140 cm³/mol. The monoisotopic (exact) mass is 522 g/mol. The van der Waals surface area contributed by atoms with Crippen LogP contribution in [0.4, 0.5) is 5.69 Å². The third kappa shape index (κ3) is 4.44. The predicted octanol–water partition coefficient (Wildman–Crippen LogP) is 5.55. The fourth-order valence-electron chi connectivity index (χ4n) is 4.64. The van der Waals surface area contributed by atoms with Gasteiger partial charge in [0.1, 0.15) is 33.6 Å². The van der Waals surface area contributed by atoms with E-state index in [1.54, 1.807) is 7.05 Å². The molecule has 0 bridgehead atoms. The molecule has 7 heteroatoms. The summed E-state index contributed by atoms with van der Waals surface area (Å²) >= 11 is 3.44. The SMILES string of the molecule is CCC(C)(C)c1ccc(OC2CCN(c3c(C#N)c(=O)n(C)c4ccc(Br)nc34)CC2C)cc1. The number of fused-ring (bicyclic) bond motifs is 1. The van der Waals surface area contributed by atoms with Crippen molar-refractivity contribution in [2.75, 3.05) is 18.0 Å². The summed E-state index contributed by atoms with van der Waals surface area (Å²) in [6, 6.07) is 14.3. The minimum Gasteiger partial charge on any atom is -0.490 e. The van der Waals surface area contributed by atoms with Gasteiger partial charge in [0.15, 0.2) is 0 Å². The number of nitrogens with zero attached hydrogens (tertiary/aromatic N) is 4. The zero-order valence-corrected chi connectivity index (χ0v) is 22.0. The summed E-state index contributed by atoms with van der Waals surface area (Å²) in [6.07, 6.45) is 1.93. The molecule has 2 atom stereocenters. The lowest BCUT2D eigenvalue weighted by atomic mass is 9.82. The molecule has 3 heterocycles. The minimum atomic E-state index is -0.296. The highest BCUT2D eigenvalue weighted by Gasteiger charge is 2.31. The summed E-state index contributed by atoms with van der Waals surface area (Å²) < 4.78 is 8.55. The molecule has 2 unspecified atom stereocenters. The number of halogens is 1. The molecule has 0 radical (unpaired) electrons. The van der Waals surface area contributed by atoms with Crippen LogP contribution >= 0.6 is 15.9 Å². The summed E-state index contributed by atoms with van der Waals surface area (Å²) in [6.45, 7) is 10.2. The van der Waals surface area contributed by atoms with Crippen molar-refractivity contribution in [1.82, 2.24) is 9.55 Å². The number of hydrogen-bond donors (Lipinski definition) is 0. The van der Waals surface area contributed by atoms with Crippen LogP contribution < -0.4 is 15.2 Å². The Morgan fingerprint density at radius 1 is 1.24 bits per heavy atom. The summed E-state index contributed by atoms with van der Waals surface area (Å²) in [5.74, 6) is 1.08. The third-order valence-electron chi connectivity index (χ3n) is 7.24. The second-order valence-electron chi connectivity index (χ2n) is 9.83. The molecule has 1 aromatic carbocycles. The average molecular weight is 523 g/mol. The maximum absolute atomic E-state index is 12.9. The Bertz CT molecular complexity index is 1310. The van der Waals surface area contributed by atoms with Crippen LogP contribution in [0.1, 0.15) is 51.7 Å². The average Bonchev–Trinajstić information content (AvgIpc) is 2.82. The number of pyridine rings is 2. The Labute approximate surface area is 209 Å². The van der Waals surface area contributed by atoms with Crippen molar-refractivity contribution in [1.29, 1.82) is 5.26 Å². The van der Waals surface area contributed by atoms with E-state index in [2.05, 4.69) is 83.8 Å². The molecule has 178 valence electrons. The van der Waals surface area contributed by atoms with Crippen LogP contribution in [0.5, 0.6) is 5.75 Å². The summed E-state index contributed by atoms with van der Waals surface area (Å²) in [4.78, 5) is 19.7. The van der Waals surface area contributed by atoms with Gasteiger partial charge in [0.2, 0.25) is 0 Å². The van der Waals surface area contributed by atoms with Gasteiger partial charge in [-0.05, 0) is 57.6 Å². The third-order valence-corrected chi connectivity index (χ3v) is 7.68. The van der Waals surface area contributed by atoms with Gasteiger partial charge in [0.05, 0.1) is 11.2 Å². The van der Waals surface area contributed by atoms with Crippen molar-refractivity contribution < 1.29 is 4.74 Å². The van der Waals surface area contributed by atoms with Gasteiger partial charge in [-0.2, -0.15) is 5.26 Å². The van der Waals surface area contributed by atoms with Crippen LogP contribution in [0, 0.1) is 17.2 Å². The highest BCUT2D eigenvalue weighted by molar-refractivity contribution is 9.10. The Hall–Kier alpha value is -2.85. The first-order valence-electron chi connectivity index (χ1n) is 11.8. The lowest BCUT2D eigenvalue weighted by molar-refractivity contribution is 0.121. The lowest BCUT2D eigenvalue weighted by Gasteiger charge is -2.38. The first-order chi connectivity index (χ1) is 16.2. The molecule has 4 rings (SSSR count). The molecule has 3 aromatic rings. The molecule has 0 N–H and O–H groups in total. The number of nitriles is 1. The zero-order chi connectivity index (χ0) is 24.6. The van der Waals surface area contributed by atoms with Gasteiger partial charge in [0, 0.05) is 32.5 Å². The summed E-state index contributed by atoms with van der Waals surface area (Å²) in [5, 5.41) is 9.84. The van der Waals surface area contributed by atoms with E-state index in [-0.39, 0.29) is 28.6 Å². The molecule has 1 aliphatic heterocycles. The summed E-state index contributed by atoms with van der Waals surface area (Å²) in [5.41, 5.74) is 3.30. The molecular formula is C27H31BrN4O2. The molecule has 0 saturated carbocycles. The van der Waals surface area contributed by atoms with Gasteiger partial charge >= 0.3 is 0 Å². The van der Waals surface area contributed by atoms with E-state index < -0.39 is 0 Å². The Kier molecular flexibility index (Phi) is 6.73. The van der Waals surface area contributed by atoms with E-state index in [1.807, 2.05) is 12.1 Å². The van der Waals surface area contributed by atoms with Gasteiger partial charge in [0.25, 0.3) is 5.56 Å². The Balaban J connectivity index is 1.59. The van der Waals surface area contributed by atoms with Crippen LogP contribution in [0.3, 0.4) is 0 Å². The van der Waals surface area contributed by atoms with E-state index >= 15 is 0 Å². The van der Waals surface area contributed by atoms with Crippen LogP contribution in [-0.2, 0) is 12.5 Å². The molecule has 0 aliphatic carbocycles. The number of anilines is 1. The molecule has 1 saturated heterocycles. The first-order valence-corrected chi connectivity index (χ1v) is 12.6. The van der Waals surface area contributed by atoms with Crippen molar-refractivity contribution in [2.24, 2.45) is 13.0 Å². The largest absolute Gasteiger partial charge is 0.490 e. The first kappa shape index (κ1) is 24.3. The van der Waals surface area contributed by atoms with Crippen molar-refractivity contribution in [2.45, 2.75) is 52.1 Å². The van der Waals surface area contributed by atoms with Gasteiger partial charge in [-0.3, -0.25) is 4.79 Å². The van der Waals surface area contributed by atoms with Crippen LogP contribution in [-0.4, -0.2) is 28.7 Å². The number of rotatable bonds is 5. The van der Waals surface area contributed by atoms with Crippen molar-refractivity contribution in [3.05, 3.63) is 62.5 Å². The Morgan fingerprint density at radius 2 is 1.94 bits per heavy atom. The number of piperidine rings is 1. The molecular weight excluding hydrogens is 492 g/mol. The minimum absolute atomic E-state index is 0.0596. The van der Waals surface area contributed by atoms with Crippen molar-refractivity contribution in [3.8, 4) is 11.8 Å². The number of ether oxygens (including phenoxy) is 1. The van der Waals surface area contributed by atoms with Gasteiger partial charge in [-0.1, -0.05) is 39.8 Å². The molecule has 2 aromatic heterocycles. The van der Waals surface area contributed by atoms with Crippen LogP contribution in [0.2, 0.25) is 0 Å². The normalized spacial score (nSPS) is 18.7. The smallest absolute Gasteiger partial charge is 0.270 e. The van der Waals surface area contributed by atoms with Gasteiger partial charge in [-0.15, -0.1) is 0 Å².